The number of aromatic nitrogens is 1. The molecule has 1 heterocycles. The Morgan fingerprint density at radius 2 is 2.00 bits per heavy atom. The molecule has 1 aliphatic rings. The van der Waals surface area contributed by atoms with E-state index in [1.54, 1.807) is 30.3 Å². The summed E-state index contributed by atoms with van der Waals surface area (Å²) in [6, 6.07) is 11.8. The van der Waals surface area contributed by atoms with Crippen LogP contribution in [0.4, 0.5) is 4.39 Å². The first-order valence-corrected chi connectivity index (χ1v) is 8.30. The van der Waals surface area contributed by atoms with Crippen molar-refractivity contribution in [2.75, 3.05) is 0 Å². The van der Waals surface area contributed by atoms with Gasteiger partial charge in [-0.15, -0.1) is 0 Å². The molecule has 1 aliphatic carbocycles. The molecule has 0 aliphatic heterocycles. The zero-order valence-electron chi connectivity index (χ0n) is 12.9. The van der Waals surface area contributed by atoms with Crippen molar-refractivity contribution in [2.24, 2.45) is 11.7 Å². The number of primary amides is 1. The Kier molecular flexibility index (Phi) is 3.57. The second kappa shape index (κ2) is 5.64. The summed E-state index contributed by atoms with van der Waals surface area (Å²) in [6.45, 7) is 0.713. The number of carbonyl (C=O) groups is 1. The van der Waals surface area contributed by atoms with Crippen molar-refractivity contribution >= 4 is 28.4 Å². The number of carbonyl (C=O) groups excluding carboxylic acids is 1. The van der Waals surface area contributed by atoms with E-state index in [0.717, 1.165) is 23.7 Å². The fourth-order valence-corrected chi connectivity index (χ4v) is 3.44. The predicted molar refractivity (Wildman–Crippen MR) is 93.6 cm³/mol. The molecule has 3 nitrogen and oxygen atoms in total. The highest BCUT2D eigenvalue weighted by molar-refractivity contribution is 6.31. The fraction of sp³-hybridized carbons (Fsp3) is 0.211. The first-order valence-electron chi connectivity index (χ1n) is 7.92. The average molecular weight is 343 g/mol. The van der Waals surface area contributed by atoms with Gasteiger partial charge in [0, 0.05) is 33.6 Å². The van der Waals surface area contributed by atoms with Gasteiger partial charge < -0.3 is 10.3 Å². The molecule has 0 radical (unpaired) electrons. The maximum atomic E-state index is 14.4. The van der Waals surface area contributed by atoms with Gasteiger partial charge in [0.1, 0.15) is 11.5 Å². The van der Waals surface area contributed by atoms with Crippen molar-refractivity contribution in [1.29, 1.82) is 0 Å². The minimum Gasteiger partial charge on any atom is -0.364 e. The summed E-state index contributed by atoms with van der Waals surface area (Å²) >= 11 is 6.16. The molecule has 3 aromatic rings. The first-order chi connectivity index (χ1) is 11.6. The van der Waals surface area contributed by atoms with Gasteiger partial charge in [0.15, 0.2) is 0 Å². The standard InChI is InChI=1S/C19H16ClFN2O/c20-12-7-8-16-14(9-12)17(13-3-1-2-4-15(13)21)18(19(22)24)23(16)10-11-5-6-11/h1-4,7-9,11H,5-6,10H2,(H2,22,24). The minimum atomic E-state index is -0.554. The van der Waals surface area contributed by atoms with Crippen LogP contribution in [0.3, 0.4) is 0 Å². The van der Waals surface area contributed by atoms with E-state index in [-0.39, 0.29) is 5.82 Å². The topological polar surface area (TPSA) is 48.0 Å². The number of halogens is 2. The number of fused-ring (bicyclic) bond motifs is 1. The van der Waals surface area contributed by atoms with E-state index in [1.807, 2.05) is 10.6 Å². The third kappa shape index (κ3) is 2.47. The van der Waals surface area contributed by atoms with Crippen LogP contribution in [0.1, 0.15) is 23.3 Å². The van der Waals surface area contributed by atoms with Crippen LogP contribution in [0.25, 0.3) is 22.0 Å². The molecule has 0 bridgehead atoms. The van der Waals surface area contributed by atoms with Crippen LogP contribution in [0.5, 0.6) is 0 Å². The molecule has 1 amide bonds. The lowest BCUT2D eigenvalue weighted by Crippen LogP contribution is -2.18. The van der Waals surface area contributed by atoms with Crippen molar-refractivity contribution in [2.45, 2.75) is 19.4 Å². The number of amides is 1. The highest BCUT2D eigenvalue weighted by Gasteiger charge is 2.28. The Morgan fingerprint density at radius 3 is 2.67 bits per heavy atom. The van der Waals surface area contributed by atoms with E-state index in [1.165, 1.54) is 6.07 Å². The maximum absolute atomic E-state index is 14.4. The Bertz CT molecular complexity index is 959. The van der Waals surface area contributed by atoms with E-state index < -0.39 is 5.91 Å². The normalized spacial score (nSPS) is 14.2. The van der Waals surface area contributed by atoms with Gasteiger partial charge in [-0.25, -0.2) is 4.39 Å². The van der Waals surface area contributed by atoms with Crippen LogP contribution >= 0.6 is 11.6 Å². The average Bonchev–Trinajstić information content (AvgIpc) is 3.30. The largest absolute Gasteiger partial charge is 0.364 e. The molecular weight excluding hydrogens is 327 g/mol. The quantitative estimate of drug-likeness (QED) is 0.739. The van der Waals surface area contributed by atoms with Crippen molar-refractivity contribution in [3.63, 3.8) is 0 Å². The minimum absolute atomic E-state index is 0.351. The Hall–Kier alpha value is -2.33. The number of hydrogen-bond donors (Lipinski definition) is 1. The predicted octanol–water partition coefficient (Wildman–Crippen LogP) is 4.61. The molecule has 0 unspecified atom stereocenters. The maximum Gasteiger partial charge on any atom is 0.266 e. The molecule has 2 N–H and O–H groups in total. The molecule has 1 fully saturated rings. The Labute approximate surface area is 143 Å². The second-order valence-electron chi connectivity index (χ2n) is 6.28. The molecule has 0 saturated heterocycles. The van der Waals surface area contributed by atoms with Crippen LogP contribution in [0.2, 0.25) is 5.02 Å². The highest BCUT2D eigenvalue weighted by Crippen LogP contribution is 2.40. The smallest absolute Gasteiger partial charge is 0.266 e. The molecule has 0 spiro atoms. The zero-order valence-corrected chi connectivity index (χ0v) is 13.7. The van der Waals surface area contributed by atoms with Crippen LogP contribution in [-0.2, 0) is 6.54 Å². The highest BCUT2D eigenvalue weighted by atomic mass is 35.5. The van der Waals surface area contributed by atoms with E-state index in [4.69, 9.17) is 17.3 Å². The third-order valence-corrected chi connectivity index (χ3v) is 4.77. The van der Waals surface area contributed by atoms with E-state index in [9.17, 15) is 9.18 Å². The molecule has 0 atom stereocenters. The van der Waals surface area contributed by atoms with Crippen molar-refractivity contribution in [3.05, 3.63) is 59.0 Å². The van der Waals surface area contributed by atoms with E-state index in [2.05, 4.69) is 0 Å². The van der Waals surface area contributed by atoms with E-state index >= 15 is 0 Å². The molecule has 1 saturated carbocycles. The molecule has 1 aromatic heterocycles. The summed E-state index contributed by atoms with van der Waals surface area (Å²) in [7, 11) is 0. The lowest BCUT2D eigenvalue weighted by atomic mass is 10.0. The summed E-state index contributed by atoms with van der Waals surface area (Å²) in [5.74, 6) is -0.394. The number of nitrogens with two attached hydrogens (primary N) is 1. The van der Waals surface area contributed by atoms with Gasteiger partial charge in [0.2, 0.25) is 0 Å². The van der Waals surface area contributed by atoms with Crippen molar-refractivity contribution in [1.82, 2.24) is 4.57 Å². The van der Waals surface area contributed by atoms with Crippen LogP contribution in [0, 0.1) is 11.7 Å². The second-order valence-corrected chi connectivity index (χ2v) is 6.72. The lowest BCUT2D eigenvalue weighted by molar-refractivity contribution is 0.0992. The molecular formula is C19H16ClFN2O. The van der Waals surface area contributed by atoms with Crippen LogP contribution in [0.15, 0.2) is 42.5 Å². The Morgan fingerprint density at radius 1 is 1.25 bits per heavy atom. The van der Waals surface area contributed by atoms with E-state index in [0.29, 0.717) is 34.3 Å². The number of rotatable bonds is 4. The molecule has 122 valence electrons. The van der Waals surface area contributed by atoms with Gasteiger partial charge >= 0.3 is 0 Å². The number of hydrogen-bond acceptors (Lipinski definition) is 1. The van der Waals surface area contributed by atoms with Crippen molar-refractivity contribution in [3.8, 4) is 11.1 Å². The van der Waals surface area contributed by atoms with Gasteiger partial charge in [-0.3, -0.25) is 4.79 Å². The summed E-state index contributed by atoms with van der Waals surface area (Å²) in [6.07, 6.45) is 2.28. The summed E-state index contributed by atoms with van der Waals surface area (Å²) in [5.41, 5.74) is 7.79. The van der Waals surface area contributed by atoms with Crippen LogP contribution < -0.4 is 5.73 Å². The number of nitrogens with zero attached hydrogens (tertiary/aromatic N) is 1. The van der Waals surface area contributed by atoms with Gasteiger partial charge in [0.05, 0.1) is 0 Å². The molecule has 24 heavy (non-hydrogen) atoms. The zero-order chi connectivity index (χ0) is 16.8. The third-order valence-electron chi connectivity index (χ3n) is 4.54. The molecule has 5 heteroatoms. The van der Waals surface area contributed by atoms with Gasteiger partial charge in [0.25, 0.3) is 5.91 Å². The fourth-order valence-electron chi connectivity index (χ4n) is 3.27. The van der Waals surface area contributed by atoms with Crippen LogP contribution in [-0.4, -0.2) is 10.5 Å². The number of benzene rings is 2. The molecule has 4 rings (SSSR count). The summed E-state index contributed by atoms with van der Waals surface area (Å²) in [5, 5.41) is 1.29. The van der Waals surface area contributed by atoms with Gasteiger partial charge in [-0.2, -0.15) is 0 Å². The van der Waals surface area contributed by atoms with Gasteiger partial charge in [-0.1, -0.05) is 29.8 Å². The monoisotopic (exact) mass is 342 g/mol. The first kappa shape index (κ1) is 15.2. The van der Waals surface area contributed by atoms with Crippen molar-refractivity contribution < 1.29 is 9.18 Å². The summed E-state index contributed by atoms with van der Waals surface area (Å²) in [4.78, 5) is 12.2. The molecule has 2 aromatic carbocycles. The Balaban J connectivity index is 2.10. The SMILES string of the molecule is NC(=O)c1c(-c2ccccc2F)c2cc(Cl)ccc2n1CC1CC1. The summed E-state index contributed by atoms with van der Waals surface area (Å²) < 4.78 is 16.4. The lowest BCUT2D eigenvalue weighted by Gasteiger charge is -2.09. The van der Waals surface area contributed by atoms with Gasteiger partial charge in [-0.05, 0) is 43.0 Å².